The van der Waals surface area contributed by atoms with Crippen LogP contribution in [-0.2, 0) is 6.18 Å². The van der Waals surface area contributed by atoms with Gasteiger partial charge in [-0.3, -0.25) is 4.90 Å². The lowest BCUT2D eigenvalue weighted by molar-refractivity contribution is -0.137. The molecule has 5 nitrogen and oxygen atoms in total. The third kappa shape index (κ3) is 3.90. The van der Waals surface area contributed by atoms with E-state index in [0.717, 1.165) is 22.9 Å². The van der Waals surface area contributed by atoms with E-state index in [9.17, 15) is 13.2 Å². The number of nitrogens with two attached hydrogens (primary N) is 1. The number of alkyl halides is 3. The van der Waals surface area contributed by atoms with Gasteiger partial charge in [-0.1, -0.05) is 41.1 Å². The van der Waals surface area contributed by atoms with Gasteiger partial charge in [0.1, 0.15) is 11.3 Å². The van der Waals surface area contributed by atoms with Gasteiger partial charge in [0.25, 0.3) is 0 Å². The van der Waals surface area contributed by atoms with Crippen LogP contribution >= 0.6 is 22.9 Å². The van der Waals surface area contributed by atoms with Gasteiger partial charge in [0.15, 0.2) is 15.8 Å². The minimum atomic E-state index is -4.55. The molecular formula is C21H17ClF3N5S. The highest BCUT2D eigenvalue weighted by molar-refractivity contribution is 7.21. The second-order valence-electron chi connectivity index (χ2n) is 7.04. The molecule has 0 unspecified atom stereocenters. The fraction of sp³-hybridized carbons (Fsp3) is 0.190. The molecule has 0 fully saturated rings. The Labute approximate surface area is 185 Å². The lowest BCUT2D eigenvalue weighted by atomic mass is 10.1. The number of nitrogens with zero attached hydrogens (tertiary/aromatic N) is 4. The van der Waals surface area contributed by atoms with Crippen LogP contribution < -0.4 is 10.6 Å². The molecule has 2 aromatic heterocycles. The lowest BCUT2D eigenvalue weighted by Crippen LogP contribution is -2.16. The second kappa shape index (κ2) is 7.65. The first-order valence-corrected chi connectivity index (χ1v) is 10.4. The molecule has 2 N–H and O–H groups in total. The van der Waals surface area contributed by atoms with Crippen LogP contribution in [0.25, 0.3) is 10.3 Å². The van der Waals surface area contributed by atoms with Crippen LogP contribution in [-0.4, -0.2) is 15.0 Å². The summed E-state index contributed by atoms with van der Waals surface area (Å²) in [6.45, 7) is 5.57. The quantitative estimate of drug-likeness (QED) is 0.364. The Bertz CT molecular complexity index is 1280. The third-order valence-electron chi connectivity index (χ3n) is 4.76. The van der Waals surface area contributed by atoms with Crippen LogP contribution in [0.15, 0.2) is 36.4 Å². The maximum Gasteiger partial charge on any atom is 0.417 e. The van der Waals surface area contributed by atoms with E-state index in [2.05, 4.69) is 15.0 Å². The van der Waals surface area contributed by atoms with Gasteiger partial charge in [-0.2, -0.15) is 13.2 Å². The molecule has 0 amide bonds. The predicted octanol–water partition coefficient (Wildman–Crippen LogP) is 6.74. The molecule has 10 heteroatoms. The summed E-state index contributed by atoms with van der Waals surface area (Å²) in [5.41, 5.74) is 8.47. The summed E-state index contributed by atoms with van der Waals surface area (Å²) in [5, 5.41) is -0.0795. The molecule has 4 aromatic rings. The van der Waals surface area contributed by atoms with E-state index in [0.29, 0.717) is 32.8 Å². The molecule has 2 aromatic carbocycles. The molecule has 0 radical (unpaired) electrons. The number of hydrogen-bond donors (Lipinski definition) is 1. The van der Waals surface area contributed by atoms with Crippen LogP contribution in [0, 0.1) is 20.8 Å². The molecule has 0 atom stereocenters. The Morgan fingerprint density at radius 1 is 1.00 bits per heavy atom. The topological polar surface area (TPSA) is 67.9 Å². The van der Waals surface area contributed by atoms with Gasteiger partial charge < -0.3 is 5.73 Å². The molecule has 0 bridgehead atoms. The molecule has 31 heavy (non-hydrogen) atoms. The summed E-state index contributed by atoms with van der Waals surface area (Å²) >= 11 is 7.27. The van der Waals surface area contributed by atoms with Gasteiger partial charge in [0.2, 0.25) is 0 Å². The zero-order chi connectivity index (χ0) is 22.5. The zero-order valence-corrected chi connectivity index (χ0v) is 18.3. The summed E-state index contributed by atoms with van der Waals surface area (Å²) in [6, 6.07) is 9.38. The molecule has 4 rings (SSSR count). The SMILES string of the molecule is Cc1nc(N(c2ccc(C(F)(F)F)c(Cl)c2)c2c(C)cccc2C)c2nc(N)sc2n1. The van der Waals surface area contributed by atoms with E-state index in [1.165, 1.54) is 23.5 Å². The number of benzene rings is 2. The Morgan fingerprint density at radius 2 is 1.68 bits per heavy atom. The molecule has 0 saturated carbocycles. The normalized spacial score (nSPS) is 11.8. The minimum Gasteiger partial charge on any atom is -0.375 e. The average Bonchev–Trinajstić information content (AvgIpc) is 3.03. The van der Waals surface area contributed by atoms with Gasteiger partial charge >= 0.3 is 6.18 Å². The van der Waals surface area contributed by atoms with Crippen LogP contribution in [0.3, 0.4) is 0 Å². The van der Waals surface area contributed by atoms with Crippen LogP contribution in [0.2, 0.25) is 5.02 Å². The highest BCUT2D eigenvalue weighted by Crippen LogP contribution is 2.44. The predicted molar refractivity (Wildman–Crippen MR) is 119 cm³/mol. The van der Waals surface area contributed by atoms with Gasteiger partial charge in [-0.25, -0.2) is 15.0 Å². The standard InChI is InChI=1S/C21H17ClF3N5S/c1-10-5-4-6-11(2)17(10)30(13-7-8-14(15(22)9-13)21(23,24)25)18-16-19(28-12(3)27-18)31-20(26)29-16/h4-9H,1-3H3,(H2,26,29). The van der Waals surface area contributed by atoms with Crippen molar-refractivity contribution in [3.05, 3.63) is 63.9 Å². The number of fused-ring (bicyclic) bond motifs is 1. The molecule has 160 valence electrons. The minimum absolute atomic E-state index is 0.322. The van der Waals surface area contributed by atoms with Crippen molar-refractivity contribution in [2.45, 2.75) is 26.9 Å². The van der Waals surface area contributed by atoms with Gasteiger partial charge in [0.05, 0.1) is 16.3 Å². The summed E-state index contributed by atoms with van der Waals surface area (Å²) in [6.07, 6.45) is -4.55. The first-order chi connectivity index (χ1) is 14.6. The highest BCUT2D eigenvalue weighted by atomic mass is 35.5. The van der Waals surface area contributed by atoms with Crippen LogP contribution in [0.5, 0.6) is 0 Å². The number of thiazole rings is 1. The van der Waals surface area contributed by atoms with E-state index in [-0.39, 0.29) is 0 Å². The number of hydrogen-bond acceptors (Lipinski definition) is 6. The average molecular weight is 464 g/mol. The third-order valence-corrected chi connectivity index (χ3v) is 5.85. The van der Waals surface area contributed by atoms with Crippen molar-refractivity contribution in [2.24, 2.45) is 0 Å². The summed E-state index contributed by atoms with van der Waals surface area (Å²) in [5.74, 6) is 0.907. The zero-order valence-electron chi connectivity index (χ0n) is 16.8. The summed E-state index contributed by atoms with van der Waals surface area (Å²) in [7, 11) is 0. The van der Waals surface area contributed by atoms with E-state index >= 15 is 0 Å². The number of para-hydroxylation sites is 1. The number of aryl methyl sites for hydroxylation is 3. The number of aromatic nitrogens is 3. The second-order valence-corrected chi connectivity index (χ2v) is 8.45. The van der Waals surface area contributed by atoms with Crippen molar-refractivity contribution in [1.29, 1.82) is 0 Å². The Hall–Kier alpha value is -2.91. The van der Waals surface area contributed by atoms with E-state index in [1.54, 1.807) is 11.8 Å². The summed E-state index contributed by atoms with van der Waals surface area (Å²) in [4.78, 5) is 15.7. The molecule has 0 saturated heterocycles. The fourth-order valence-corrected chi connectivity index (χ4v) is 4.50. The van der Waals surface area contributed by atoms with Crippen molar-refractivity contribution in [3.63, 3.8) is 0 Å². The number of nitrogen functional groups attached to an aromatic ring is 1. The van der Waals surface area contributed by atoms with Crippen molar-refractivity contribution >= 4 is 55.6 Å². The maximum atomic E-state index is 13.3. The van der Waals surface area contributed by atoms with Crippen LogP contribution in [0.4, 0.5) is 35.5 Å². The summed E-state index contributed by atoms with van der Waals surface area (Å²) < 4.78 is 39.8. The van der Waals surface area contributed by atoms with Gasteiger partial charge in [-0.05, 0) is 50.1 Å². The van der Waals surface area contributed by atoms with Crippen molar-refractivity contribution in [2.75, 3.05) is 10.6 Å². The molecule has 0 aliphatic carbocycles. The van der Waals surface area contributed by atoms with E-state index < -0.39 is 16.8 Å². The molecule has 0 aliphatic heterocycles. The lowest BCUT2D eigenvalue weighted by Gasteiger charge is -2.28. The molecule has 0 aliphatic rings. The Balaban J connectivity index is 2.05. The largest absolute Gasteiger partial charge is 0.417 e. The van der Waals surface area contributed by atoms with Crippen LogP contribution in [0.1, 0.15) is 22.5 Å². The van der Waals surface area contributed by atoms with Crippen molar-refractivity contribution in [3.8, 4) is 0 Å². The van der Waals surface area contributed by atoms with Crippen molar-refractivity contribution in [1.82, 2.24) is 15.0 Å². The Kier molecular flexibility index (Phi) is 5.26. The molecular weight excluding hydrogens is 447 g/mol. The monoisotopic (exact) mass is 463 g/mol. The van der Waals surface area contributed by atoms with E-state index in [1.807, 2.05) is 32.0 Å². The fourth-order valence-electron chi connectivity index (χ4n) is 3.47. The smallest absolute Gasteiger partial charge is 0.375 e. The number of halogens is 4. The molecule has 2 heterocycles. The van der Waals surface area contributed by atoms with Crippen molar-refractivity contribution < 1.29 is 13.2 Å². The maximum absolute atomic E-state index is 13.3. The van der Waals surface area contributed by atoms with Gasteiger partial charge in [-0.15, -0.1) is 0 Å². The van der Waals surface area contributed by atoms with Gasteiger partial charge in [0, 0.05) is 5.69 Å². The van der Waals surface area contributed by atoms with E-state index in [4.69, 9.17) is 17.3 Å². The Morgan fingerprint density at radius 3 is 2.29 bits per heavy atom. The highest BCUT2D eigenvalue weighted by Gasteiger charge is 2.34. The molecule has 0 spiro atoms. The number of anilines is 4. The first kappa shape index (κ1) is 21.3. The number of rotatable bonds is 3. The first-order valence-electron chi connectivity index (χ1n) is 9.20.